The molecule has 0 radical (unpaired) electrons. The number of para-hydroxylation sites is 1. The molecule has 0 aliphatic carbocycles. The lowest BCUT2D eigenvalue weighted by Crippen LogP contribution is -2.21. The van der Waals surface area contributed by atoms with Crippen LogP contribution in [0.1, 0.15) is 13.3 Å². The normalized spacial score (nSPS) is 12.8. The summed E-state index contributed by atoms with van der Waals surface area (Å²) in [5.74, 6) is 0.917. The summed E-state index contributed by atoms with van der Waals surface area (Å²) in [6.07, 6.45) is 1.12. The first-order valence-electron chi connectivity index (χ1n) is 6.56. The van der Waals surface area contributed by atoms with Crippen LogP contribution in [0.2, 0.25) is 0 Å². The third-order valence-electron chi connectivity index (χ3n) is 3.28. The summed E-state index contributed by atoms with van der Waals surface area (Å²) in [6, 6.07) is 14.9. The van der Waals surface area contributed by atoms with Crippen LogP contribution in [0.15, 0.2) is 52.3 Å². The number of anilines is 2. The van der Waals surface area contributed by atoms with E-state index in [1.807, 2.05) is 17.8 Å². The largest absolute Gasteiger partial charge is 0.497 e. The molecule has 0 aromatic heterocycles. The molecule has 19 heavy (non-hydrogen) atoms. The first-order valence-corrected chi connectivity index (χ1v) is 7.37. The fourth-order valence-electron chi connectivity index (χ4n) is 2.40. The van der Waals surface area contributed by atoms with Crippen molar-refractivity contribution in [3.8, 4) is 5.75 Å². The Kier molecular flexibility index (Phi) is 3.38. The molecule has 0 unspecified atom stereocenters. The molecular weight excluding hydrogens is 254 g/mol. The van der Waals surface area contributed by atoms with Crippen molar-refractivity contribution in [1.29, 1.82) is 0 Å². The van der Waals surface area contributed by atoms with Crippen molar-refractivity contribution in [2.24, 2.45) is 0 Å². The van der Waals surface area contributed by atoms with Crippen LogP contribution in [0.25, 0.3) is 0 Å². The van der Waals surface area contributed by atoms with E-state index < -0.39 is 0 Å². The van der Waals surface area contributed by atoms with Crippen LogP contribution >= 0.6 is 11.8 Å². The summed E-state index contributed by atoms with van der Waals surface area (Å²) in [7, 11) is 1.72. The Morgan fingerprint density at radius 1 is 1.05 bits per heavy atom. The van der Waals surface area contributed by atoms with Gasteiger partial charge >= 0.3 is 0 Å². The summed E-state index contributed by atoms with van der Waals surface area (Å²) in [6.45, 7) is 3.24. The zero-order chi connectivity index (χ0) is 13.2. The van der Waals surface area contributed by atoms with Crippen molar-refractivity contribution < 1.29 is 4.74 Å². The fraction of sp³-hybridized carbons (Fsp3) is 0.250. The van der Waals surface area contributed by atoms with Crippen molar-refractivity contribution in [1.82, 2.24) is 0 Å². The van der Waals surface area contributed by atoms with Gasteiger partial charge in [-0.15, -0.1) is 0 Å². The lowest BCUT2D eigenvalue weighted by molar-refractivity contribution is 0.414. The van der Waals surface area contributed by atoms with E-state index in [4.69, 9.17) is 4.74 Å². The number of nitrogens with zero attached hydrogens (tertiary/aromatic N) is 1. The van der Waals surface area contributed by atoms with E-state index in [0.717, 1.165) is 18.7 Å². The highest BCUT2D eigenvalue weighted by atomic mass is 32.2. The van der Waals surface area contributed by atoms with Gasteiger partial charge in [-0.25, -0.2) is 0 Å². The number of ether oxygens (including phenoxy) is 1. The average Bonchev–Trinajstić information content (AvgIpc) is 2.47. The Morgan fingerprint density at radius 3 is 2.63 bits per heavy atom. The van der Waals surface area contributed by atoms with Crippen LogP contribution < -0.4 is 9.64 Å². The highest BCUT2D eigenvalue weighted by molar-refractivity contribution is 7.99. The van der Waals surface area contributed by atoms with E-state index in [9.17, 15) is 0 Å². The molecule has 0 saturated carbocycles. The second-order valence-electron chi connectivity index (χ2n) is 4.56. The van der Waals surface area contributed by atoms with Crippen LogP contribution in [-0.2, 0) is 0 Å². The van der Waals surface area contributed by atoms with Crippen LogP contribution in [0.4, 0.5) is 11.4 Å². The van der Waals surface area contributed by atoms with E-state index >= 15 is 0 Å². The smallest absolute Gasteiger partial charge is 0.121 e. The van der Waals surface area contributed by atoms with Crippen molar-refractivity contribution in [2.45, 2.75) is 23.1 Å². The molecule has 2 aromatic carbocycles. The van der Waals surface area contributed by atoms with E-state index in [-0.39, 0.29) is 0 Å². The summed E-state index contributed by atoms with van der Waals surface area (Å²) >= 11 is 1.83. The van der Waals surface area contributed by atoms with Gasteiger partial charge in [0.2, 0.25) is 0 Å². The number of methoxy groups -OCH3 is 1. The van der Waals surface area contributed by atoms with Gasteiger partial charge < -0.3 is 9.64 Å². The predicted molar refractivity (Wildman–Crippen MR) is 80.9 cm³/mol. The van der Waals surface area contributed by atoms with Gasteiger partial charge in [-0.05, 0) is 30.7 Å². The molecule has 0 amide bonds. The van der Waals surface area contributed by atoms with Crippen LogP contribution in [-0.4, -0.2) is 13.7 Å². The summed E-state index contributed by atoms with van der Waals surface area (Å²) in [5, 5.41) is 0. The minimum absolute atomic E-state index is 0.917. The first kappa shape index (κ1) is 12.4. The van der Waals surface area contributed by atoms with E-state index in [0.29, 0.717) is 0 Å². The number of benzene rings is 2. The molecule has 0 fully saturated rings. The molecule has 0 spiro atoms. The van der Waals surface area contributed by atoms with E-state index in [2.05, 4.69) is 48.2 Å². The summed E-state index contributed by atoms with van der Waals surface area (Å²) in [5.41, 5.74) is 2.56. The zero-order valence-electron chi connectivity index (χ0n) is 11.2. The second kappa shape index (κ2) is 5.17. The molecule has 0 bridgehead atoms. The SMILES string of the molecule is CCCN1c2ccccc2Sc2ccc(OC)cc21. The lowest BCUT2D eigenvalue weighted by Gasteiger charge is -2.32. The Balaban J connectivity index is 2.12. The van der Waals surface area contributed by atoms with Gasteiger partial charge in [-0.3, -0.25) is 0 Å². The molecule has 98 valence electrons. The average molecular weight is 271 g/mol. The maximum absolute atomic E-state index is 5.36. The predicted octanol–water partition coefficient (Wildman–Crippen LogP) is 4.71. The number of rotatable bonds is 3. The first-order chi connectivity index (χ1) is 9.33. The molecule has 1 aliphatic rings. The molecule has 0 N–H and O–H groups in total. The third kappa shape index (κ3) is 2.19. The molecule has 2 aromatic rings. The van der Waals surface area contributed by atoms with Gasteiger partial charge in [0.25, 0.3) is 0 Å². The van der Waals surface area contributed by atoms with Crippen molar-refractivity contribution in [3.63, 3.8) is 0 Å². The van der Waals surface area contributed by atoms with Gasteiger partial charge in [0.05, 0.1) is 18.5 Å². The maximum atomic E-state index is 5.36. The molecule has 3 rings (SSSR count). The maximum Gasteiger partial charge on any atom is 0.121 e. The number of hydrogen-bond acceptors (Lipinski definition) is 3. The zero-order valence-corrected chi connectivity index (χ0v) is 12.0. The van der Waals surface area contributed by atoms with Crippen molar-refractivity contribution >= 4 is 23.1 Å². The van der Waals surface area contributed by atoms with Gasteiger partial charge in [0.15, 0.2) is 0 Å². The lowest BCUT2D eigenvalue weighted by atomic mass is 10.2. The molecule has 3 heteroatoms. The van der Waals surface area contributed by atoms with Crippen molar-refractivity contribution in [2.75, 3.05) is 18.6 Å². The fourth-order valence-corrected chi connectivity index (χ4v) is 3.48. The molecular formula is C16H17NOS. The van der Waals surface area contributed by atoms with Gasteiger partial charge in [0.1, 0.15) is 5.75 Å². The van der Waals surface area contributed by atoms with Crippen molar-refractivity contribution in [3.05, 3.63) is 42.5 Å². The van der Waals surface area contributed by atoms with Gasteiger partial charge in [-0.1, -0.05) is 30.8 Å². The standard InChI is InChI=1S/C16H17NOS/c1-3-10-17-13-6-4-5-7-15(13)19-16-9-8-12(18-2)11-14(16)17/h4-9,11H,3,10H2,1-2H3. The Labute approximate surface area is 118 Å². The Hall–Kier alpha value is -1.61. The second-order valence-corrected chi connectivity index (χ2v) is 5.64. The third-order valence-corrected chi connectivity index (χ3v) is 4.41. The van der Waals surface area contributed by atoms with E-state index in [1.54, 1.807) is 7.11 Å². The quantitative estimate of drug-likeness (QED) is 0.802. The van der Waals surface area contributed by atoms with Crippen LogP contribution in [0, 0.1) is 0 Å². The molecule has 0 saturated heterocycles. The number of fused-ring (bicyclic) bond motifs is 2. The van der Waals surface area contributed by atoms with Crippen LogP contribution in [0.3, 0.4) is 0 Å². The highest BCUT2D eigenvalue weighted by Gasteiger charge is 2.22. The van der Waals surface area contributed by atoms with Gasteiger partial charge in [-0.2, -0.15) is 0 Å². The van der Waals surface area contributed by atoms with Gasteiger partial charge in [0, 0.05) is 22.4 Å². The monoisotopic (exact) mass is 271 g/mol. The Bertz CT molecular complexity index is 597. The molecule has 1 aliphatic heterocycles. The minimum atomic E-state index is 0.917. The highest BCUT2D eigenvalue weighted by Crippen LogP contribution is 2.48. The molecule has 1 heterocycles. The number of hydrogen-bond donors (Lipinski definition) is 0. The summed E-state index contributed by atoms with van der Waals surface area (Å²) in [4.78, 5) is 5.02. The topological polar surface area (TPSA) is 12.5 Å². The van der Waals surface area contributed by atoms with Crippen LogP contribution in [0.5, 0.6) is 5.75 Å². The van der Waals surface area contributed by atoms with E-state index in [1.165, 1.54) is 21.2 Å². The molecule has 2 nitrogen and oxygen atoms in total. The minimum Gasteiger partial charge on any atom is -0.497 e. The Morgan fingerprint density at radius 2 is 1.84 bits per heavy atom. The summed E-state index contributed by atoms with van der Waals surface area (Å²) < 4.78 is 5.36. The molecule has 0 atom stereocenters.